The highest BCUT2D eigenvalue weighted by Crippen LogP contribution is 2.26. The van der Waals surface area contributed by atoms with Gasteiger partial charge < -0.3 is 18.0 Å². The molecule has 0 saturated heterocycles. The fourth-order valence-corrected chi connectivity index (χ4v) is 4.77. The summed E-state index contributed by atoms with van der Waals surface area (Å²) < 4.78 is 22.3. The third kappa shape index (κ3) is 5.34. The van der Waals surface area contributed by atoms with Crippen LogP contribution in [0.15, 0.2) is 54.6 Å². The molecule has 0 fully saturated rings. The fraction of sp³-hybridized carbons (Fsp3) is 0.381. The molecule has 146 valence electrons. The summed E-state index contributed by atoms with van der Waals surface area (Å²) in [6.45, 7) is 2.35. The molecule has 6 heteroatoms. The zero-order valence-corrected chi connectivity index (χ0v) is 17.4. The molecule has 0 aromatic heterocycles. The third-order valence-electron chi connectivity index (χ3n) is 4.59. The van der Waals surface area contributed by atoms with E-state index in [1.807, 2.05) is 61.5 Å². The van der Waals surface area contributed by atoms with Crippen molar-refractivity contribution < 1.29 is 22.8 Å². The molecule has 0 radical (unpaired) electrons. The molecular formula is C21H28O5Si. The molecule has 0 saturated carbocycles. The van der Waals surface area contributed by atoms with Crippen LogP contribution < -0.4 is 0 Å². The van der Waals surface area contributed by atoms with Gasteiger partial charge >= 0.3 is 8.80 Å². The molecule has 1 atom stereocenters. The van der Waals surface area contributed by atoms with Crippen LogP contribution in [0.1, 0.15) is 34.5 Å². The van der Waals surface area contributed by atoms with E-state index in [0.717, 1.165) is 11.1 Å². The van der Waals surface area contributed by atoms with E-state index >= 15 is 0 Å². The van der Waals surface area contributed by atoms with E-state index in [0.29, 0.717) is 24.6 Å². The Kier molecular flexibility index (Phi) is 8.34. The molecular weight excluding hydrogens is 360 g/mol. The Balaban J connectivity index is 2.28. The molecule has 27 heavy (non-hydrogen) atoms. The number of carbonyl (C=O) groups excluding carboxylic acids is 1. The predicted molar refractivity (Wildman–Crippen MR) is 107 cm³/mol. The van der Waals surface area contributed by atoms with E-state index in [-0.39, 0.29) is 5.78 Å². The number of ether oxygens (including phenoxy) is 1. The van der Waals surface area contributed by atoms with Gasteiger partial charge in [0, 0.05) is 39.5 Å². The number of aryl methyl sites for hydroxylation is 1. The summed E-state index contributed by atoms with van der Waals surface area (Å²) in [6.07, 6.45) is 0.00345. The number of ketones is 1. The SMILES string of the molecule is CCOC(C(=O)c1ccccc1CC[Si](OC)(OC)OC)c1ccccc1. The molecule has 0 heterocycles. The van der Waals surface area contributed by atoms with Crippen molar-refractivity contribution in [1.82, 2.24) is 0 Å². The molecule has 0 spiro atoms. The summed E-state index contributed by atoms with van der Waals surface area (Å²) in [5.41, 5.74) is 2.45. The Morgan fingerprint density at radius 2 is 1.52 bits per heavy atom. The average molecular weight is 389 g/mol. The molecule has 2 aromatic rings. The maximum absolute atomic E-state index is 13.3. The number of benzene rings is 2. The number of hydrogen-bond donors (Lipinski definition) is 0. The fourth-order valence-electron chi connectivity index (χ4n) is 3.08. The van der Waals surface area contributed by atoms with Crippen LogP contribution in [0.5, 0.6) is 0 Å². The van der Waals surface area contributed by atoms with Crippen molar-refractivity contribution >= 4 is 14.6 Å². The molecule has 0 amide bonds. The lowest BCUT2D eigenvalue weighted by Gasteiger charge is -2.25. The van der Waals surface area contributed by atoms with Gasteiger partial charge in [0.25, 0.3) is 0 Å². The minimum absolute atomic E-state index is 0.0434. The first-order chi connectivity index (χ1) is 13.1. The maximum atomic E-state index is 13.3. The lowest BCUT2D eigenvalue weighted by atomic mass is 9.95. The van der Waals surface area contributed by atoms with Gasteiger partial charge in [-0.05, 0) is 24.5 Å². The molecule has 0 aliphatic heterocycles. The molecule has 0 aliphatic rings. The van der Waals surface area contributed by atoms with E-state index < -0.39 is 14.9 Å². The minimum atomic E-state index is -2.71. The zero-order valence-electron chi connectivity index (χ0n) is 16.4. The van der Waals surface area contributed by atoms with Gasteiger partial charge in [-0.15, -0.1) is 0 Å². The Morgan fingerprint density at radius 1 is 0.926 bits per heavy atom. The first kappa shape index (κ1) is 21.5. The second-order valence-electron chi connectivity index (χ2n) is 6.06. The van der Waals surface area contributed by atoms with Gasteiger partial charge in [-0.1, -0.05) is 54.6 Å². The van der Waals surface area contributed by atoms with Crippen LogP contribution in [-0.2, 0) is 24.4 Å². The Hall–Kier alpha value is -1.83. The topological polar surface area (TPSA) is 54.0 Å². The smallest absolute Gasteiger partial charge is 0.377 e. The van der Waals surface area contributed by atoms with Gasteiger partial charge in [0.15, 0.2) is 5.78 Å². The second kappa shape index (κ2) is 10.5. The van der Waals surface area contributed by atoms with Crippen LogP contribution >= 0.6 is 0 Å². The summed E-state index contributed by atoms with van der Waals surface area (Å²) in [4.78, 5) is 13.3. The Labute approximate surface area is 162 Å². The average Bonchev–Trinajstić information content (AvgIpc) is 2.74. The largest absolute Gasteiger partial charge is 0.500 e. The quantitative estimate of drug-likeness (QED) is 0.429. The first-order valence-electron chi connectivity index (χ1n) is 9.05. The summed E-state index contributed by atoms with van der Waals surface area (Å²) in [6, 6.07) is 17.8. The molecule has 5 nitrogen and oxygen atoms in total. The van der Waals surface area contributed by atoms with Gasteiger partial charge in [0.05, 0.1) is 0 Å². The Morgan fingerprint density at radius 3 is 2.11 bits per heavy atom. The summed E-state index contributed by atoms with van der Waals surface area (Å²) in [5.74, 6) is -0.0434. The maximum Gasteiger partial charge on any atom is 0.500 e. The molecule has 2 aromatic carbocycles. The minimum Gasteiger partial charge on any atom is -0.377 e. The van der Waals surface area contributed by atoms with Crippen LogP contribution in [0, 0.1) is 0 Å². The summed E-state index contributed by atoms with van der Waals surface area (Å²) in [7, 11) is 2.08. The van der Waals surface area contributed by atoms with Crippen LogP contribution in [0.4, 0.5) is 0 Å². The van der Waals surface area contributed by atoms with E-state index in [9.17, 15) is 4.79 Å². The van der Waals surface area contributed by atoms with Gasteiger partial charge in [-0.25, -0.2) is 0 Å². The normalized spacial score (nSPS) is 12.7. The van der Waals surface area contributed by atoms with Crippen molar-refractivity contribution in [3.05, 3.63) is 71.3 Å². The monoisotopic (exact) mass is 388 g/mol. The van der Waals surface area contributed by atoms with E-state index in [4.69, 9.17) is 18.0 Å². The van der Waals surface area contributed by atoms with Gasteiger partial charge in [-0.3, -0.25) is 4.79 Å². The standard InChI is InChI=1S/C21H28O5Si/c1-5-26-21(18-12-7-6-8-13-18)20(22)19-14-10-9-11-17(19)15-16-27(23-2,24-3)25-4/h6-14,21H,5,15-16H2,1-4H3. The second-order valence-corrected chi connectivity index (χ2v) is 9.15. The van der Waals surface area contributed by atoms with Crippen molar-refractivity contribution in [1.29, 1.82) is 0 Å². The lowest BCUT2D eigenvalue weighted by Crippen LogP contribution is -2.43. The molecule has 0 N–H and O–H groups in total. The van der Waals surface area contributed by atoms with E-state index in [1.165, 1.54) is 0 Å². The molecule has 1 unspecified atom stereocenters. The zero-order chi connectivity index (χ0) is 19.7. The van der Waals surface area contributed by atoms with Crippen LogP contribution in [0.3, 0.4) is 0 Å². The van der Waals surface area contributed by atoms with Crippen LogP contribution in [-0.4, -0.2) is 42.5 Å². The van der Waals surface area contributed by atoms with Crippen molar-refractivity contribution in [2.75, 3.05) is 27.9 Å². The molecule has 0 bridgehead atoms. The Bertz CT molecular complexity index is 707. The van der Waals surface area contributed by atoms with Crippen molar-refractivity contribution in [3.8, 4) is 0 Å². The predicted octanol–water partition coefficient (Wildman–Crippen LogP) is 4.07. The van der Waals surface area contributed by atoms with Gasteiger partial charge in [0.2, 0.25) is 0 Å². The third-order valence-corrected chi connectivity index (χ3v) is 7.32. The summed E-state index contributed by atoms with van der Waals surface area (Å²) in [5, 5.41) is 0. The van der Waals surface area contributed by atoms with Crippen molar-refractivity contribution in [2.24, 2.45) is 0 Å². The highest BCUT2D eigenvalue weighted by Gasteiger charge is 2.37. The van der Waals surface area contributed by atoms with Crippen LogP contribution in [0.2, 0.25) is 6.04 Å². The first-order valence-corrected chi connectivity index (χ1v) is 11.0. The molecule has 0 aliphatic carbocycles. The number of Topliss-reactive ketones (excluding diaryl/α,β-unsaturated/α-hetero) is 1. The summed E-state index contributed by atoms with van der Waals surface area (Å²) >= 11 is 0. The lowest BCUT2D eigenvalue weighted by molar-refractivity contribution is 0.0451. The highest BCUT2D eigenvalue weighted by molar-refractivity contribution is 6.60. The van der Waals surface area contributed by atoms with Crippen molar-refractivity contribution in [2.45, 2.75) is 25.5 Å². The van der Waals surface area contributed by atoms with E-state index in [2.05, 4.69) is 0 Å². The van der Waals surface area contributed by atoms with Gasteiger partial charge in [-0.2, -0.15) is 0 Å². The highest BCUT2D eigenvalue weighted by atomic mass is 28.4. The van der Waals surface area contributed by atoms with Crippen molar-refractivity contribution in [3.63, 3.8) is 0 Å². The van der Waals surface area contributed by atoms with Crippen LogP contribution in [0.25, 0.3) is 0 Å². The van der Waals surface area contributed by atoms with Gasteiger partial charge in [0.1, 0.15) is 6.10 Å². The van der Waals surface area contributed by atoms with E-state index in [1.54, 1.807) is 21.3 Å². The number of hydrogen-bond acceptors (Lipinski definition) is 5. The number of carbonyl (C=O) groups is 1. The molecule has 2 rings (SSSR count). The number of rotatable bonds is 11.